The topological polar surface area (TPSA) is 136 Å². The van der Waals surface area contributed by atoms with Crippen molar-refractivity contribution in [3.63, 3.8) is 0 Å². The zero-order chi connectivity index (χ0) is 16.0. The van der Waals surface area contributed by atoms with Crippen molar-refractivity contribution in [1.29, 1.82) is 5.26 Å². The number of carbonyl (C=O) groups excluding carboxylic acids is 1. The van der Waals surface area contributed by atoms with Gasteiger partial charge in [0.25, 0.3) is 0 Å². The summed E-state index contributed by atoms with van der Waals surface area (Å²) in [5.41, 5.74) is 6.96. The number of aliphatic hydroxyl groups is 1. The molecule has 1 rings (SSSR count). The highest BCUT2D eigenvalue weighted by molar-refractivity contribution is 5.87. The van der Waals surface area contributed by atoms with Crippen molar-refractivity contribution in [2.24, 2.45) is 5.73 Å². The molecule has 7 nitrogen and oxygen atoms in total. The van der Waals surface area contributed by atoms with Gasteiger partial charge in [0.15, 0.2) is 6.04 Å². The molecule has 0 aliphatic carbocycles. The predicted molar refractivity (Wildman–Crippen MR) is 74.1 cm³/mol. The molecule has 0 heterocycles. The zero-order valence-electron chi connectivity index (χ0n) is 11.5. The Morgan fingerprint density at radius 3 is 2.38 bits per heavy atom. The van der Waals surface area contributed by atoms with E-state index < -0.39 is 30.1 Å². The summed E-state index contributed by atoms with van der Waals surface area (Å²) in [5.74, 6) is -1.99. The average Bonchev–Trinajstić information content (AvgIpc) is 2.44. The fourth-order valence-corrected chi connectivity index (χ4v) is 1.71. The Morgan fingerprint density at radius 2 is 1.95 bits per heavy atom. The van der Waals surface area contributed by atoms with E-state index in [1.807, 2.05) is 6.07 Å². The molecule has 0 unspecified atom stereocenters. The molecule has 112 valence electrons. The second-order valence-corrected chi connectivity index (χ2v) is 4.68. The standard InChI is InChI=1S/C14H17N3O4/c1-8(18)12(14(20)21)17-13(19)11(16)6-9-2-4-10(7-15)5-3-9/h2-5,8,11-12,18H,6,16H2,1H3,(H,17,19)(H,20,21)/t8-,11+,12+/m1/s1. The summed E-state index contributed by atoms with van der Waals surface area (Å²) in [6, 6.07) is 6.20. The van der Waals surface area contributed by atoms with Gasteiger partial charge in [0.1, 0.15) is 0 Å². The summed E-state index contributed by atoms with van der Waals surface area (Å²) in [6.07, 6.45) is -1.03. The maximum atomic E-state index is 11.8. The highest BCUT2D eigenvalue weighted by atomic mass is 16.4. The van der Waals surface area contributed by atoms with Gasteiger partial charge in [0.2, 0.25) is 5.91 Å². The number of carboxylic acids is 1. The minimum absolute atomic E-state index is 0.198. The van der Waals surface area contributed by atoms with Crippen molar-refractivity contribution < 1.29 is 19.8 Å². The number of rotatable bonds is 6. The van der Waals surface area contributed by atoms with Gasteiger partial charge in [-0.05, 0) is 31.0 Å². The number of hydrogen-bond donors (Lipinski definition) is 4. The van der Waals surface area contributed by atoms with Crippen LogP contribution in [-0.2, 0) is 16.0 Å². The molecule has 0 bridgehead atoms. The first kappa shape index (κ1) is 16.6. The van der Waals surface area contributed by atoms with E-state index in [2.05, 4.69) is 5.32 Å². The lowest BCUT2D eigenvalue weighted by molar-refractivity contribution is -0.144. The Morgan fingerprint density at radius 1 is 1.38 bits per heavy atom. The van der Waals surface area contributed by atoms with Crippen molar-refractivity contribution >= 4 is 11.9 Å². The SMILES string of the molecule is C[C@@H](O)[C@H](NC(=O)[C@@H](N)Cc1ccc(C#N)cc1)C(=O)O. The van der Waals surface area contributed by atoms with Gasteiger partial charge in [-0.25, -0.2) is 4.79 Å². The summed E-state index contributed by atoms with van der Waals surface area (Å²) in [5, 5.41) is 29.0. The molecule has 0 spiro atoms. The number of nitriles is 1. The van der Waals surface area contributed by atoms with E-state index in [9.17, 15) is 14.7 Å². The van der Waals surface area contributed by atoms with Crippen molar-refractivity contribution in [2.45, 2.75) is 31.5 Å². The smallest absolute Gasteiger partial charge is 0.328 e. The number of nitrogens with zero attached hydrogens (tertiary/aromatic N) is 1. The monoisotopic (exact) mass is 291 g/mol. The van der Waals surface area contributed by atoms with Crippen LogP contribution in [0.1, 0.15) is 18.1 Å². The van der Waals surface area contributed by atoms with E-state index >= 15 is 0 Å². The average molecular weight is 291 g/mol. The molecular formula is C14H17N3O4. The Bertz CT molecular complexity index is 548. The van der Waals surface area contributed by atoms with Crippen LogP contribution in [0.25, 0.3) is 0 Å². The van der Waals surface area contributed by atoms with Crippen molar-refractivity contribution in [2.75, 3.05) is 0 Å². The van der Waals surface area contributed by atoms with Crippen molar-refractivity contribution in [3.05, 3.63) is 35.4 Å². The normalized spacial score (nSPS) is 14.6. The Hall–Kier alpha value is -2.43. The number of hydrogen-bond acceptors (Lipinski definition) is 5. The third kappa shape index (κ3) is 4.87. The Kier molecular flexibility index (Phi) is 5.84. The van der Waals surface area contributed by atoms with Crippen LogP contribution in [-0.4, -0.2) is 40.3 Å². The highest BCUT2D eigenvalue weighted by Gasteiger charge is 2.27. The number of nitrogens with one attached hydrogen (secondary N) is 1. The number of carbonyl (C=O) groups is 2. The first-order chi connectivity index (χ1) is 9.85. The van der Waals surface area contributed by atoms with Gasteiger partial charge in [0.05, 0.1) is 23.8 Å². The minimum Gasteiger partial charge on any atom is -0.480 e. The van der Waals surface area contributed by atoms with Crippen molar-refractivity contribution in [1.82, 2.24) is 5.32 Å². The van der Waals surface area contributed by atoms with Crippen LogP contribution in [0.4, 0.5) is 0 Å². The van der Waals surface area contributed by atoms with Gasteiger partial charge < -0.3 is 21.3 Å². The number of aliphatic carboxylic acids is 1. The van der Waals surface area contributed by atoms with E-state index in [4.69, 9.17) is 16.1 Å². The molecule has 3 atom stereocenters. The molecule has 1 aromatic carbocycles. The third-order valence-corrected chi connectivity index (χ3v) is 2.92. The lowest BCUT2D eigenvalue weighted by atomic mass is 10.0. The maximum Gasteiger partial charge on any atom is 0.328 e. The molecule has 5 N–H and O–H groups in total. The van der Waals surface area contributed by atoms with E-state index in [-0.39, 0.29) is 6.42 Å². The summed E-state index contributed by atoms with van der Waals surface area (Å²) < 4.78 is 0. The number of amides is 1. The Labute approximate surface area is 122 Å². The van der Waals surface area contributed by atoms with Crippen LogP contribution < -0.4 is 11.1 Å². The lowest BCUT2D eigenvalue weighted by Gasteiger charge is -2.19. The number of aliphatic hydroxyl groups excluding tert-OH is 1. The number of benzene rings is 1. The lowest BCUT2D eigenvalue weighted by Crippen LogP contribution is -2.53. The van der Waals surface area contributed by atoms with Crippen LogP contribution in [0.5, 0.6) is 0 Å². The molecule has 0 fully saturated rings. The molecule has 0 radical (unpaired) electrons. The molecule has 0 aliphatic heterocycles. The van der Waals surface area contributed by atoms with E-state index in [0.717, 1.165) is 5.56 Å². The van der Waals surface area contributed by atoms with Crippen LogP contribution >= 0.6 is 0 Å². The Balaban J connectivity index is 2.65. The predicted octanol–water partition coefficient (Wildman–Crippen LogP) is -0.622. The van der Waals surface area contributed by atoms with Crippen molar-refractivity contribution in [3.8, 4) is 6.07 Å². The molecule has 7 heteroatoms. The van der Waals surface area contributed by atoms with E-state index in [1.54, 1.807) is 24.3 Å². The molecule has 0 saturated carbocycles. The van der Waals surface area contributed by atoms with Crippen LogP contribution in [0, 0.1) is 11.3 Å². The zero-order valence-corrected chi connectivity index (χ0v) is 11.5. The molecule has 0 aromatic heterocycles. The van der Waals surface area contributed by atoms with Gasteiger partial charge >= 0.3 is 5.97 Å². The number of carboxylic acid groups (broad SMARTS) is 1. The van der Waals surface area contributed by atoms with E-state index in [0.29, 0.717) is 5.56 Å². The maximum absolute atomic E-state index is 11.8. The quantitative estimate of drug-likeness (QED) is 0.551. The second kappa shape index (κ2) is 7.38. The van der Waals surface area contributed by atoms with Gasteiger partial charge in [-0.2, -0.15) is 5.26 Å². The van der Waals surface area contributed by atoms with Crippen LogP contribution in [0.2, 0.25) is 0 Å². The van der Waals surface area contributed by atoms with Crippen LogP contribution in [0.3, 0.4) is 0 Å². The highest BCUT2D eigenvalue weighted by Crippen LogP contribution is 2.06. The molecule has 0 aliphatic rings. The molecular weight excluding hydrogens is 274 g/mol. The van der Waals surface area contributed by atoms with E-state index in [1.165, 1.54) is 6.92 Å². The summed E-state index contributed by atoms with van der Waals surface area (Å²) >= 11 is 0. The third-order valence-electron chi connectivity index (χ3n) is 2.92. The minimum atomic E-state index is -1.40. The van der Waals surface area contributed by atoms with Crippen LogP contribution in [0.15, 0.2) is 24.3 Å². The summed E-state index contributed by atoms with van der Waals surface area (Å²) in [7, 11) is 0. The number of nitrogens with two attached hydrogens (primary N) is 1. The fourth-order valence-electron chi connectivity index (χ4n) is 1.71. The molecule has 0 saturated heterocycles. The first-order valence-corrected chi connectivity index (χ1v) is 6.31. The fraction of sp³-hybridized carbons (Fsp3) is 0.357. The summed E-state index contributed by atoms with van der Waals surface area (Å²) in [4.78, 5) is 22.7. The largest absolute Gasteiger partial charge is 0.480 e. The molecule has 1 aromatic rings. The molecule has 1 amide bonds. The second-order valence-electron chi connectivity index (χ2n) is 4.68. The summed E-state index contributed by atoms with van der Waals surface area (Å²) in [6.45, 7) is 1.27. The van der Waals surface area contributed by atoms with Gasteiger partial charge in [0, 0.05) is 0 Å². The molecule has 21 heavy (non-hydrogen) atoms. The van der Waals surface area contributed by atoms with Gasteiger partial charge in [-0.1, -0.05) is 12.1 Å². The first-order valence-electron chi connectivity index (χ1n) is 6.31. The van der Waals surface area contributed by atoms with Gasteiger partial charge in [-0.3, -0.25) is 4.79 Å². The van der Waals surface area contributed by atoms with Gasteiger partial charge in [-0.15, -0.1) is 0 Å².